The maximum absolute atomic E-state index is 12.0. The van der Waals surface area contributed by atoms with Crippen molar-refractivity contribution in [1.29, 1.82) is 0 Å². The normalized spacial score (nSPS) is 22.1. The molecule has 2 N–H and O–H groups in total. The van der Waals surface area contributed by atoms with Crippen molar-refractivity contribution in [3.05, 3.63) is 35.4 Å². The zero-order valence-electron chi connectivity index (χ0n) is 11.6. The monoisotopic (exact) mass is 279 g/mol. The number of fused-ring (bicyclic) bond motifs is 1. The number of rotatable bonds is 3. The van der Waals surface area contributed by atoms with E-state index in [4.69, 9.17) is 0 Å². The summed E-state index contributed by atoms with van der Waals surface area (Å²) in [4.78, 5) is 12.0. The Balaban J connectivity index is 1.98. The molecule has 0 saturated heterocycles. The number of carbonyl (C=O) groups is 1. The Morgan fingerprint density at radius 3 is 2.79 bits per heavy atom. The van der Waals surface area contributed by atoms with Crippen LogP contribution in [-0.4, -0.2) is 27.6 Å². The van der Waals surface area contributed by atoms with Gasteiger partial charge in [0.15, 0.2) is 0 Å². The van der Waals surface area contributed by atoms with Crippen LogP contribution in [0.15, 0.2) is 24.3 Å². The van der Waals surface area contributed by atoms with Gasteiger partial charge in [-0.3, -0.25) is 4.79 Å². The average Bonchev–Trinajstić information content (AvgIpc) is 2.63. The van der Waals surface area contributed by atoms with Crippen LogP contribution < -0.4 is 5.32 Å². The third kappa shape index (κ3) is 3.74. The molecule has 0 unspecified atom stereocenters. The summed E-state index contributed by atoms with van der Waals surface area (Å²) in [6.07, 6.45) is 0.106. The van der Waals surface area contributed by atoms with Crippen molar-refractivity contribution in [3.8, 4) is 0 Å². The second-order valence-corrected chi connectivity index (χ2v) is 7.72. The Morgan fingerprint density at radius 1 is 1.42 bits per heavy atom. The molecule has 0 fully saturated rings. The first-order valence-electron chi connectivity index (χ1n) is 6.56. The minimum atomic E-state index is -0.513. The quantitative estimate of drug-likeness (QED) is 0.892. The van der Waals surface area contributed by atoms with Crippen molar-refractivity contribution in [2.24, 2.45) is 0 Å². The van der Waals surface area contributed by atoms with Gasteiger partial charge in [0.2, 0.25) is 5.91 Å². The molecule has 1 aliphatic rings. The van der Waals surface area contributed by atoms with Crippen LogP contribution in [0.5, 0.6) is 0 Å². The van der Waals surface area contributed by atoms with E-state index in [1.807, 2.05) is 24.3 Å². The summed E-state index contributed by atoms with van der Waals surface area (Å²) >= 11 is 1.61. The van der Waals surface area contributed by atoms with Gasteiger partial charge in [0.1, 0.15) is 0 Å². The standard InChI is InChI=1S/C15H21NO2S/c1-15(2,3)19-9-13(18)16-14-11-7-5-4-6-10(11)8-12(14)17/h4-7,12,14,17H,8-9H2,1-3H3,(H,16,18)/t12-,14+/m1/s1. The Bertz CT molecular complexity index is 467. The maximum atomic E-state index is 12.0. The molecule has 0 saturated carbocycles. The summed E-state index contributed by atoms with van der Waals surface area (Å²) in [5.41, 5.74) is 2.17. The molecule has 0 aromatic heterocycles. The molecule has 1 amide bonds. The fourth-order valence-electron chi connectivity index (χ4n) is 2.25. The van der Waals surface area contributed by atoms with Crippen LogP contribution in [0.25, 0.3) is 0 Å². The third-order valence-corrected chi connectivity index (χ3v) is 4.43. The maximum Gasteiger partial charge on any atom is 0.230 e. The van der Waals surface area contributed by atoms with Crippen LogP contribution in [0.2, 0.25) is 0 Å². The van der Waals surface area contributed by atoms with Crippen molar-refractivity contribution >= 4 is 17.7 Å². The van der Waals surface area contributed by atoms with Crippen LogP contribution >= 0.6 is 11.8 Å². The molecule has 4 heteroatoms. The highest BCUT2D eigenvalue weighted by atomic mass is 32.2. The Morgan fingerprint density at radius 2 is 2.11 bits per heavy atom. The lowest BCUT2D eigenvalue weighted by molar-refractivity contribution is -0.120. The summed E-state index contributed by atoms with van der Waals surface area (Å²) in [6.45, 7) is 6.26. The predicted molar refractivity (Wildman–Crippen MR) is 79.2 cm³/mol. The molecule has 0 heterocycles. The van der Waals surface area contributed by atoms with Crippen molar-refractivity contribution in [2.75, 3.05) is 5.75 Å². The molecule has 1 aromatic carbocycles. The predicted octanol–water partition coefficient (Wildman–Crippen LogP) is 2.29. The summed E-state index contributed by atoms with van der Waals surface area (Å²) in [7, 11) is 0. The van der Waals surface area contributed by atoms with Crippen LogP contribution in [0.1, 0.15) is 37.9 Å². The van der Waals surface area contributed by atoms with Gasteiger partial charge in [-0.05, 0) is 11.1 Å². The summed E-state index contributed by atoms with van der Waals surface area (Å²) in [5.74, 6) is 0.412. The highest BCUT2D eigenvalue weighted by Gasteiger charge is 2.31. The smallest absolute Gasteiger partial charge is 0.230 e. The number of hydrogen-bond acceptors (Lipinski definition) is 3. The molecule has 0 bridgehead atoms. The van der Waals surface area contributed by atoms with E-state index < -0.39 is 6.10 Å². The Kier molecular flexibility index (Phi) is 4.21. The number of amides is 1. The van der Waals surface area contributed by atoms with Crippen LogP contribution in [-0.2, 0) is 11.2 Å². The van der Waals surface area contributed by atoms with Gasteiger partial charge in [0.25, 0.3) is 0 Å². The summed E-state index contributed by atoms with van der Waals surface area (Å²) in [6, 6.07) is 7.64. The lowest BCUT2D eigenvalue weighted by atomic mass is 10.1. The molecule has 0 spiro atoms. The number of aliphatic hydroxyl groups is 1. The second-order valence-electron chi connectivity index (χ2n) is 5.92. The molecule has 3 nitrogen and oxygen atoms in total. The van der Waals surface area contributed by atoms with E-state index in [9.17, 15) is 9.90 Å². The van der Waals surface area contributed by atoms with Gasteiger partial charge in [-0.15, -0.1) is 11.8 Å². The molecular weight excluding hydrogens is 258 g/mol. The minimum Gasteiger partial charge on any atom is -0.390 e. The summed E-state index contributed by atoms with van der Waals surface area (Å²) < 4.78 is 0.0730. The molecule has 2 rings (SSSR count). The molecule has 19 heavy (non-hydrogen) atoms. The van der Waals surface area contributed by atoms with Crippen molar-refractivity contribution in [3.63, 3.8) is 0 Å². The van der Waals surface area contributed by atoms with Gasteiger partial charge < -0.3 is 10.4 Å². The van der Waals surface area contributed by atoms with Crippen LogP contribution in [0.4, 0.5) is 0 Å². The van der Waals surface area contributed by atoms with Gasteiger partial charge in [-0.2, -0.15) is 0 Å². The molecule has 0 aliphatic heterocycles. The zero-order valence-corrected chi connectivity index (χ0v) is 12.5. The molecule has 2 atom stereocenters. The van der Waals surface area contributed by atoms with E-state index in [2.05, 4.69) is 26.1 Å². The fraction of sp³-hybridized carbons (Fsp3) is 0.533. The van der Waals surface area contributed by atoms with E-state index in [1.165, 1.54) is 0 Å². The number of aliphatic hydroxyl groups excluding tert-OH is 1. The molecule has 0 radical (unpaired) electrons. The lowest BCUT2D eigenvalue weighted by Gasteiger charge is -2.20. The van der Waals surface area contributed by atoms with Crippen LogP contribution in [0.3, 0.4) is 0 Å². The van der Waals surface area contributed by atoms with Crippen molar-refractivity contribution < 1.29 is 9.90 Å². The van der Waals surface area contributed by atoms with E-state index in [1.54, 1.807) is 11.8 Å². The fourth-order valence-corrected chi connectivity index (χ4v) is 2.89. The molecule has 104 valence electrons. The molecule has 1 aromatic rings. The highest BCUT2D eigenvalue weighted by molar-refractivity contribution is 8.01. The van der Waals surface area contributed by atoms with Gasteiger partial charge >= 0.3 is 0 Å². The number of benzene rings is 1. The van der Waals surface area contributed by atoms with Gasteiger partial charge in [0, 0.05) is 11.2 Å². The van der Waals surface area contributed by atoms with Crippen molar-refractivity contribution in [2.45, 2.75) is 44.1 Å². The summed E-state index contributed by atoms with van der Waals surface area (Å²) in [5, 5.41) is 13.0. The topological polar surface area (TPSA) is 49.3 Å². The number of thioether (sulfide) groups is 1. The largest absolute Gasteiger partial charge is 0.390 e. The minimum absolute atomic E-state index is 0.0133. The third-order valence-electron chi connectivity index (χ3n) is 3.16. The second kappa shape index (κ2) is 5.55. The number of carbonyl (C=O) groups excluding carboxylic acids is 1. The van der Waals surface area contributed by atoms with Gasteiger partial charge in [0.05, 0.1) is 17.9 Å². The molecular formula is C15H21NO2S. The number of hydrogen-bond donors (Lipinski definition) is 2. The Hall–Kier alpha value is -1.00. The van der Waals surface area contributed by atoms with E-state index in [0.29, 0.717) is 12.2 Å². The van der Waals surface area contributed by atoms with Crippen LogP contribution in [0, 0.1) is 0 Å². The van der Waals surface area contributed by atoms with Crippen molar-refractivity contribution in [1.82, 2.24) is 5.32 Å². The van der Waals surface area contributed by atoms with E-state index in [-0.39, 0.29) is 16.7 Å². The SMILES string of the molecule is CC(C)(C)SCC(=O)N[C@H]1c2ccccc2C[C@H]1O. The van der Waals surface area contributed by atoms with E-state index >= 15 is 0 Å². The Labute approximate surface area is 118 Å². The van der Waals surface area contributed by atoms with Gasteiger partial charge in [-0.25, -0.2) is 0 Å². The first-order valence-corrected chi connectivity index (χ1v) is 7.54. The van der Waals surface area contributed by atoms with Gasteiger partial charge in [-0.1, -0.05) is 45.0 Å². The zero-order chi connectivity index (χ0) is 14.0. The first-order chi connectivity index (χ1) is 8.87. The lowest BCUT2D eigenvalue weighted by Crippen LogP contribution is -2.35. The average molecular weight is 279 g/mol. The number of nitrogens with one attached hydrogen (secondary N) is 1. The highest BCUT2D eigenvalue weighted by Crippen LogP contribution is 2.31. The first kappa shape index (κ1) is 14.4. The van der Waals surface area contributed by atoms with E-state index in [0.717, 1.165) is 11.1 Å². The molecule has 1 aliphatic carbocycles.